The van der Waals surface area contributed by atoms with E-state index in [-0.39, 0.29) is 11.8 Å². The molecular weight excluding hydrogens is 447 g/mol. The summed E-state index contributed by atoms with van der Waals surface area (Å²) in [6, 6.07) is 15.8. The summed E-state index contributed by atoms with van der Waals surface area (Å²) in [6.45, 7) is 2.23. The molecule has 0 saturated carbocycles. The van der Waals surface area contributed by atoms with Crippen molar-refractivity contribution in [2.45, 2.75) is 0 Å². The maximum Gasteiger partial charge on any atom is 0.245 e. The van der Waals surface area contributed by atoms with Gasteiger partial charge in [0.1, 0.15) is 0 Å². The molecule has 3 aromatic heterocycles. The molecule has 1 aromatic carbocycles. The van der Waals surface area contributed by atoms with Gasteiger partial charge in [0.15, 0.2) is 11.6 Å². The lowest BCUT2D eigenvalue weighted by Crippen LogP contribution is -2.37. The highest BCUT2D eigenvalue weighted by Gasteiger charge is 2.17. The normalized spacial score (nSPS) is 13.7. The average Bonchev–Trinajstić information content (AvgIpc) is 2.92. The monoisotopic (exact) mass is 470 g/mol. The lowest BCUT2D eigenvalue weighted by atomic mass is 10.1. The van der Waals surface area contributed by atoms with Crippen LogP contribution in [-0.4, -0.2) is 52.5 Å². The molecule has 0 atom stereocenters. The second-order valence-electron chi connectivity index (χ2n) is 7.75. The van der Waals surface area contributed by atoms with Gasteiger partial charge in [-0.05, 0) is 35.9 Å². The highest BCUT2D eigenvalue weighted by molar-refractivity contribution is 5.78. The Bertz CT molecular complexity index is 1290. The smallest absolute Gasteiger partial charge is 0.245 e. The number of nitrogens with one attached hydrogen (secondary N) is 2. The van der Waals surface area contributed by atoms with Crippen molar-refractivity contribution in [3.63, 3.8) is 0 Å². The highest BCUT2D eigenvalue weighted by Crippen LogP contribution is 2.24. The summed E-state index contributed by atoms with van der Waals surface area (Å²) in [6.07, 6.45) is 8.00. The Morgan fingerprint density at radius 1 is 0.943 bits per heavy atom. The number of hydrogen-bond donors (Lipinski definition) is 2. The third kappa shape index (κ3) is 5.74. The van der Waals surface area contributed by atoms with E-state index in [9.17, 15) is 4.39 Å². The quantitative estimate of drug-likeness (QED) is 0.308. The van der Waals surface area contributed by atoms with Crippen molar-refractivity contribution < 1.29 is 9.13 Å². The summed E-state index contributed by atoms with van der Waals surface area (Å²) in [5.41, 5.74) is 7.29. The third-order valence-corrected chi connectivity index (χ3v) is 5.33. The Kier molecular flexibility index (Phi) is 6.81. The predicted molar refractivity (Wildman–Crippen MR) is 133 cm³/mol. The van der Waals surface area contributed by atoms with Crippen molar-refractivity contribution in [3.05, 3.63) is 84.8 Å². The van der Waals surface area contributed by atoms with Crippen LogP contribution < -0.4 is 15.6 Å². The minimum atomic E-state index is -0.475. The van der Waals surface area contributed by atoms with Crippen LogP contribution in [0.2, 0.25) is 0 Å². The molecule has 4 aromatic rings. The summed E-state index contributed by atoms with van der Waals surface area (Å²) < 4.78 is 19.5. The fraction of sp³-hybridized carbons (Fsp3) is 0.160. The molecule has 4 heterocycles. The van der Waals surface area contributed by atoms with Crippen molar-refractivity contribution in [1.29, 1.82) is 0 Å². The van der Waals surface area contributed by atoms with Crippen molar-refractivity contribution >= 4 is 29.4 Å². The molecule has 0 amide bonds. The van der Waals surface area contributed by atoms with Gasteiger partial charge in [-0.25, -0.2) is 14.8 Å². The second-order valence-corrected chi connectivity index (χ2v) is 7.75. The molecule has 35 heavy (non-hydrogen) atoms. The van der Waals surface area contributed by atoms with Crippen LogP contribution in [0.5, 0.6) is 0 Å². The Hall–Kier alpha value is -4.44. The Balaban J connectivity index is 1.20. The van der Waals surface area contributed by atoms with Gasteiger partial charge in [-0.2, -0.15) is 10.1 Å². The van der Waals surface area contributed by atoms with Gasteiger partial charge in [-0.1, -0.05) is 18.2 Å². The number of morpholine rings is 1. The largest absolute Gasteiger partial charge is 0.378 e. The maximum atomic E-state index is 14.2. The molecule has 0 unspecified atom stereocenters. The van der Waals surface area contributed by atoms with E-state index >= 15 is 0 Å². The molecule has 2 N–H and O–H groups in total. The Labute approximate surface area is 201 Å². The number of hydrazone groups is 1. The first kappa shape index (κ1) is 22.4. The lowest BCUT2D eigenvalue weighted by Gasteiger charge is -2.27. The first-order valence-electron chi connectivity index (χ1n) is 11.1. The number of ether oxygens (including phenoxy) is 1. The summed E-state index contributed by atoms with van der Waals surface area (Å²) in [7, 11) is 0. The van der Waals surface area contributed by atoms with Gasteiger partial charge in [-0.3, -0.25) is 9.97 Å². The fourth-order valence-electron chi connectivity index (χ4n) is 3.60. The van der Waals surface area contributed by atoms with E-state index in [0.29, 0.717) is 32.0 Å². The van der Waals surface area contributed by atoms with Crippen LogP contribution in [0.15, 0.2) is 78.4 Å². The zero-order valence-corrected chi connectivity index (χ0v) is 18.8. The number of aromatic nitrogens is 4. The van der Waals surface area contributed by atoms with E-state index in [0.717, 1.165) is 28.7 Å². The third-order valence-electron chi connectivity index (χ3n) is 5.33. The van der Waals surface area contributed by atoms with Crippen LogP contribution in [0.3, 0.4) is 0 Å². The van der Waals surface area contributed by atoms with Gasteiger partial charge < -0.3 is 15.0 Å². The molecule has 0 aliphatic carbocycles. The second kappa shape index (κ2) is 10.7. The maximum absolute atomic E-state index is 14.2. The summed E-state index contributed by atoms with van der Waals surface area (Å²) in [5.74, 6) is -0.0322. The Morgan fingerprint density at radius 3 is 2.63 bits per heavy atom. The number of pyridine rings is 2. The first-order chi connectivity index (χ1) is 17.2. The van der Waals surface area contributed by atoms with Crippen molar-refractivity contribution in [2.75, 3.05) is 41.9 Å². The first-order valence-corrected chi connectivity index (χ1v) is 11.1. The molecule has 1 aliphatic heterocycles. The lowest BCUT2D eigenvalue weighted by molar-refractivity contribution is 0.122. The van der Waals surface area contributed by atoms with Gasteiger partial charge in [0.25, 0.3) is 0 Å². The number of rotatable bonds is 7. The van der Waals surface area contributed by atoms with Crippen molar-refractivity contribution in [3.8, 4) is 11.1 Å². The minimum absolute atomic E-state index is 0.205. The Morgan fingerprint density at radius 2 is 1.83 bits per heavy atom. The van der Waals surface area contributed by atoms with Crippen LogP contribution in [-0.2, 0) is 4.74 Å². The number of anilines is 4. The van der Waals surface area contributed by atoms with E-state index in [1.54, 1.807) is 18.6 Å². The zero-order chi connectivity index (χ0) is 23.9. The van der Waals surface area contributed by atoms with Gasteiger partial charge in [0.2, 0.25) is 5.95 Å². The summed E-state index contributed by atoms with van der Waals surface area (Å²) in [4.78, 5) is 18.6. The van der Waals surface area contributed by atoms with Crippen LogP contribution in [0.25, 0.3) is 11.1 Å². The van der Waals surface area contributed by atoms with Crippen LogP contribution in [0.1, 0.15) is 5.69 Å². The van der Waals surface area contributed by atoms with Crippen molar-refractivity contribution in [1.82, 2.24) is 19.9 Å². The van der Waals surface area contributed by atoms with Gasteiger partial charge in [0.05, 0.1) is 43.2 Å². The molecule has 9 nitrogen and oxygen atoms in total. The van der Waals surface area contributed by atoms with Gasteiger partial charge >= 0.3 is 0 Å². The summed E-state index contributed by atoms with van der Waals surface area (Å²) in [5, 5.41) is 7.49. The van der Waals surface area contributed by atoms with Crippen LogP contribution >= 0.6 is 0 Å². The molecular formula is C25H23FN8O. The SMILES string of the molecule is Fc1cnc(N/N=C/c2ccc(Nc3cccc(-c4cccnc4)c3)cn2)nc1N1CCOCC1. The topological polar surface area (TPSA) is 100 Å². The van der Waals surface area contributed by atoms with Gasteiger partial charge in [0, 0.05) is 36.7 Å². The molecule has 1 aliphatic rings. The standard InChI is InChI=1S/C25H23FN8O/c26-23-17-29-25(32-24(23)34-9-11-35-12-10-34)33-30-16-21-6-7-22(15-28-21)31-20-5-1-3-18(13-20)19-4-2-8-27-14-19/h1-8,13-17,31H,9-12H2,(H,29,32,33)/b30-16+. The number of halogens is 1. The zero-order valence-electron chi connectivity index (χ0n) is 18.8. The van der Waals surface area contributed by atoms with Crippen LogP contribution in [0.4, 0.5) is 27.5 Å². The molecule has 1 saturated heterocycles. The van der Waals surface area contributed by atoms with Crippen molar-refractivity contribution in [2.24, 2.45) is 5.10 Å². The number of hydrogen-bond acceptors (Lipinski definition) is 9. The van der Waals surface area contributed by atoms with E-state index in [1.165, 1.54) is 0 Å². The minimum Gasteiger partial charge on any atom is -0.378 e. The van der Waals surface area contributed by atoms with E-state index in [2.05, 4.69) is 41.8 Å². The molecule has 0 bridgehead atoms. The summed E-state index contributed by atoms with van der Waals surface area (Å²) >= 11 is 0. The molecule has 176 valence electrons. The molecule has 5 rings (SSSR count). The molecule has 0 radical (unpaired) electrons. The molecule has 1 fully saturated rings. The van der Waals surface area contributed by atoms with E-state index < -0.39 is 5.82 Å². The van der Waals surface area contributed by atoms with E-state index in [4.69, 9.17) is 4.74 Å². The number of benzene rings is 1. The molecule has 10 heteroatoms. The van der Waals surface area contributed by atoms with Gasteiger partial charge in [-0.15, -0.1) is 0 Å². The highest BCUT2D eigenvalue weighted by atomic mass is 19.1. The van der Waals surface area contributed by atoms with Crippen LogP contribution in [0, 0.1) is 5.82 Å². The van der Waals surface area contributed by atoms with E-state index in [1.807, 2.05) is 53.6 Å². The average molecular weight is 471 g/mol. The fourth-order valence-corrected chi connectivity index (χ4v) is 3.60. The predicted octanol–water partition coefficient (Wildman–Crippen LogP) is 4.10. The number of nitrogens with zero attached hydrogens (tertiary/aromatic N) is 6. The molecule has 0 spiro atoms.